The molecule has 3 nitrogen and oxygen atoms in total. The third-order valence-corrected chi connectivity index (χ3v) is 13.8. The molecule has 56 heavy (non-hydrogen) atoms. The molecule has 0 radical (unpaired) electrons. The van der Waals surface area contributed by atoms with Crippen LogP contribution < -0.4 is 30.9 Å². The Kier molecular flexibility index (Phi) is 7.21. The molecule has 4 bridgehead atoms. The number of hydrogen-bond acceptors (Lipinski definition) is 3. The van der Waals surface area contributed by atoms with E-state index in [0.717, 1.165) is 46.3 Å². The maximum atomic E-state index is 7.23. The van der Waals surface area contributed by atoms with Gasteiger partial charge in [0.15, 0.2) is 0 Å². The molecule has 2 heterocycles. The van der Waals surface area contributed by atoms with Gasteiger partial charge < -0.3 is 14.5 Å². The van der Waals surface area contributed by atoms with Crippen LogP contribution in [0.2, 0.25) is 0 Å². The van der Waals surface area contributed by atoms with Crippen LogP contribution in [0.15, 0.2) is 170 Å². The quantitative estimate of drug-likeness (QED) is 0.159. The number of fused-ring (bicyclic) bond motifs is 4. The highest BCUT2D eigenvalue weighted by molar-refractivity contribution is 6.99. The van der Waals surface area contributed by atoms with Crippen molar-refractivity contribution in [1.82, 2.24) is 0 Å². The summed E-state index contributed by atoms with van der Waals surface area (Å²) >= 11 is 0. The van der Waals surface area contributed by atoms with Gasteiger partial charge in [0.05, 0.1) is 0 Å². The summed E-state index contributed by atoms with van der Waals surface area (Å²) < 4.78 is 7.23. The number of benzene rings is 7. The molecule has 2 aliphatic heterocycles. The third-order valence-electron chi connectivity index (χ3n) is 13.8. The lowest BCUT2D eigenvalue weighted by Gasteiger charge is -2.57. The van der Waals surface area contributed by atoms with Gasteiger partial charge in [-0.2, -0.15) is 0 Å². The van der Waals surface area contributed by atoms with Crippen molar-refractivity contribution in [2.75, 3.05) is 9.80 Å². The summed E-state index contributed by atoms with van der Waals surface area (Å²) in [4.78, 5) is 4.94. The first-order valence-electron chi connectivity index (χ1n) is 20.6. The van der Waals surface area contributed by atoms with Crippen molar-refractivity contribution in [1.29, 1.82) is 0 Å². The summed E-state index contributed by atoms with van der Waals surface area (Å²) in [5, 5.41) is 0. The second-order valence-electron chi connectivity index (χ2n) is 17.2. The lowest BCUT2D eigenvalue weighted by molar-refractivity contribution is -0.00522. The molecule has 7 aromatic rings. The zero-order valence-corrected chi connectivity index (χ0v) is 31.5. The van der Waals surface area contributed by atoms with E-state index in [-0.39, 0.29) is 12.1 Å². The van der Waals surface area contributed by atoms with E-state index >= 15 is 0 Å². The molecule has 4 saturated carbocycles. The SMILES string of the molecule is c1ccc(-c2ccc3c(c2)Oc2cc(C45CC6CC(CC(C6)C4)C5)cc4c2B3c2ccc(N(c3ccccc3)c3ccccc3)cc2N4c2ccccc2)cc1. The lowest BCUT2D eigenvalue weighted by Crippen LogP contribution is -2.59. The molecule has 270 valence electrons. The largest absolute Gasteiger partial charge is 0.458 e. The molecule has 4 heteroatoms. The Morgan fingerprint density at radius 3 is 1.73 bits per heavy atom. The average Bonchev–Trinajstić information content (AvgIpc) is 3.24. The summed E-state index contributed by atoms with van der Waals surface area (Å²) in [7, 11) is 0. The van der Waals surface area contributed by atoms with E-state index in [1.165, 1.54) is 88.7 Å². The molecule has 4 aliphatic carbocycles. The number of nitrogens with zero attached hydrogens (tertiary/aromatic N) is 2. The molecule has 13 rings (SSSR count). The van der Waals surface area contributed by atoms with E-state index < -0.39 is 0 Å². The van der Waals surface area contributed by atoms with Crippen molar-refractivity contribution in [3.63, 3.8) is 0 Å². The second kappa shape index (κ2) is 12.5. The van der Waals surface area contributed by atoms with Gasteiger partial charge in [0.25, 0.3) is 6.71 Å². The summed E-state index contributed by atoms with van der Waals surface area (Å²) in [6, 6.07) is 62.5. The molecular formula is C52H43BN2O. The molecular weight excluding hydrogens is 679 g/mol. The fourth-order valence-electron chi connectivity index (χ4n) is 11.9. The van der Waals surface area contributed by atoms with Crippen LogP contribution in [0.1, 0.15) is 44.1 Å². The monoisotopic (exact) mass is 722 g/mol. The Bertz CT molecular complexity index is 2530. The Hall–Kier alpha value is -6.00. The topological polar surface area (TPSA) is 15.7 Å². The van der Waals surface area contributed by atoms with Crippen molar-refractivity contribution in [3.05, 3.63) is 175 Å². The van der Waals surface area contributed by atoms with E-state index in [4.69, 9.17) is 4.74 Å². The number of para-hydroxylation sites is 3. The summed E-state index contributed by atoms with van der Waals surface area (Å²) in [5.74, 6) is 4.56. The average molecular weight is 723 g/mol. The van der Waals surface area contributed by atoms with Gasteiger partial charge in [-0.15, -0.1) is 0 Å². The van der Waals surface area contributed by atoms with E-state index in [1.807, 2.05) is 0 Å². The highest BCUT2D eigenvalue weighted by Gasteiger charge is 2.53. The number of anilines is 6. The molecule has 0 aromatic heterocycles. The Balaban J connectivity index is 1.11. The minimum Gasteiger partial charge on any atom is -0.458 e. The van der Waals surface area contributed by atoms with Crippen LogP contribution in [-0.4, -0.2) is 6.71 Å². The van der Waals surface area contributed by atoms with Gasteiger partial charge in [-0.1, -0.05) is 103 Å². The molecule has 0 N–H and O–H groups in total. The Morgan fingerprint density at radius 2 is 1.09 bits per heavy atom. The van der Waals surface area contributed by atoms with E-state index in [9.17, 15) is 0 Å². The summed E-state index contributed by atoms with van der Waals surface area (Å²) in [6.07, 6.45) is 8.21. The zero-order valence-electron chi connectivity index (χ0n) is 31.5. The first kappa shape index (κ1) is 32.3. The minimum atomic E-state index is 0.0323. The highest BCUT2D eigenvalue weighted by Crippen LogP contribution is 2.61. The van der Waals surface area contributed by atoms with Gasteiger partial charge in [-0.25, -0.2) is 0 Å². The molecule has 0 amide bonds. The minimum absolute atomic E-state index is 0.0323. The van der Waals surface area contributed by atoms with Crippen LogP contribution >= 0.6 is 0 Å². The smallest absolute Gasteiger partial charge is 0.256 e. The Morgan fingerprint density at radius 1 is 0.500 bits per heavy atom. The molecule has 0 spiro atoms. The van der Waals surface area contributed by atoms with E-state index in [2.05, 4.69) is 180 Å². The van der Waals surface area contributed by atoms with Crippen LogP contribution in [0.4, 0.5) is 34.1 Å². The van der Waals surface area contributed by atoms with Crippen LogP contribution in [0.3, 0.4) is 0 Å². The van der Waals surface area contributed by atoms with E-state index in [0.29, 0.717) is 0 Å². The zero-order chi connectivity index (χ0) is 36.8. The van der Waals surface area contributed by atoms with Gasteiger partial charge in [0.1, 0.15) is 11.5 Å². The van der Waals surface area contributed by atoms with Gasteiger partial charge >= 0.3 is 0 Å². The highest BCUT2D eigenvalue weighted by atomic mass is 16.5. The van der Waals surface area contributed by atoms with Crippen molar-refractivity contribution in [3.8, 4) is 22.6 Å². The summed E-state index contributed by atoms with van der Waals surface area (Å²) in [5.41, 5.74) is 15.0. The maximum Gasteiger partial charge on any atom is 0.256 e. The number of rotatable bonds is 6. The first-order chi connectivity index (χ1) is 27.7. The third kappa shape index (κ3) is 5.04. The van der Waals surface area contributed by atoms with Crippen molar-refractivity contribution < 1.29 is 4.74 Å². The lowest BCUT2D eigenvalue weighted by atomic mass is 9.34. The predicted octanol–water partition coefficient (Wildman–Crippen LogP) is 11.7. The fourth-order valence-corrected chi connectivity index (χ4v) is 11.9. The molecule has 7 aromatic carbocycles. The van der Waals surface area contributed by atoms with E-state index in [1.54, 1.807) is 0 Å². The van der Waals surface area contributed by atoms with Crippen molar-refractivity contribution >= 4 is 57.2 Å². The second-order valence-corrected chi connectivity index (χ2v) is 17.2. The summed E-state index contributed by atoms with van der Waals surface area (Å²) in [6.45, 7) is 0.0323. The standard InChI is InChI=1S/C52H43BN2O/c1-5-13-38(14-6-1)39-21-23-46-49(28-39)56-50-30-40(52-32-35-25-36(33-52)27-37(26-35)34-52)29-48-51(50)53(46)45-24-22-44(31-47(45)55(48)43-19-11-4-12-20-43)54(41-15-7-2-8-16-41)42-17-9-3-10-18-42/h1-24,28-31,35-37H,25-27,32-34H2. The van der Waals surface area contributed by atoms with Gasteiger partial charge in [-0.3, -0.25) is 0 Å². The molecule has 4 fully saturated rings. The first-order valence-corrected chi connectivity index (χ1v) is 20.6. The normalized spacial score (nSPS) is 22.2. The molecule has 0 unspecified atom stereocenters. The van der Waals surface area contributed by atoms with Gasteiger partial charge in [0, 0.05) is 34.1 Å². The molecule has 6 aliphatic rings. The van der Waals surface area contributed by atoms with Crippen LogP contribution in [0, 0.1) is 17.8 Å². The maximum absolute atomic E-state index is 7.23. The molecule has 0 atom stereocenters. The van der Waals surface area contributed by atoms with Crippen LogP contribution in [-0.2, 0) is 5.41 Å². The molecule has 0 saturated heterocycles. The van der Waals surface area contributed by atoms with Crippen molar-refractivity contribution in [2.24, 2.45) is 17.8 Å². The van der Waals surface area contributed by atoms with Gasteiger partial charge in [0.2, 0.25) is 0 Å². The van der Waals surface area contributed by atoms with Gasteiger partial charge in [-0.05, 0) is 162 Å². The number of hydrogen-bond donors (Lipinski definition) is 0. The van der Waals surface area contributed by atoms with Crippen LogP contribution in [0.25, 0.3) is 11.1 Å². The fraction of sp³-hybridized carbons (Fsp3) is 0.192. The van der Waals surface area contributed by atoms with Crippen molar-refractivity contribution in [2.45, 2.75) is 43.9 Å². The number of ether oxygens (including phenoxy) is 1. The van der Waals surface area contributed by atoms with Crippen LogP contribution in [0.5, 0.6) is 11.5 Å². The predicted molar refractivity (Wildman–Crippen MR) is 232 cm³/mol. The Labute approximate surface area is 330 Å².